The third-order valence-electron chi connectivity index (χ3n) is 4.79. The van der Waals surface area contributed by atoms with Crippen LogP contribution < -0.4 is 0 Å². The summed E-state index contributed by atoms with van der Waals surface area (Å²) in [6.07, 6.45) is -4.32. The van der Waals surface area contributed by atoms with Gasteiger partial charge in [-0.05, 0) is 13.3 Å². The maximum Gasteiger partial charge on any atom is 0.412 e. The topological polar surface area (TPSA) is 94.8 Å². The monoisotopic (exact) mass is 394 g/mol. The minimum absolute atomic E-state index is 0.345. The number of aliphatic carboxylic acids is 1. The fourth-order valence-corrected chi connectivity index (χ4v) is 2.70. The number of carboxylic acid groups (broad SMARTS) is 1. The van der Waals surface area contributed by atoms with Crippen LogP contribution in [0, 0.1) is 17.3 Å². The molecule has 0 radical (unpaired) electrons. The van der Waals surface area contributed by atoms with E-state index < -0.39 is 59.4 Å². The van der Waals surface area contributed by atoms with Crippen molar-refractivity contribution in [2.75, 3.05) is 0 Å². The average Bonchev–Trinajstić information content (AvgIpc) is 2.54. The number of alkyl halides is 3. The Morgan fingerprint density at radius 1 is 1.11 bits per heavy atom. The lowest BCUT2D eigenvalue weighted by molar-refractivity contribution is -0.147. The molecular formula is C19H29F3O5. The van der Waals surface area contributed by atoms with Crippen LogP contribution in [0.3, 0.4) is 0 Å². The molecule has 0 aromatic heterocycles. The Morgan fingerprint density at radius 2 is 1.63 bits per heavy atom. The van der Waals surface area contributed by atoms with E-state index in [1.54, 1.807) is 6.92 Å². The number of carbonyl (C=O) groups is 2. The van der Waals surface area contributed by atoms with Crippen LogP contribution in [0.2, 0.25) is 0 Å². The van der Waals surface area contributed by atoms with Gasteiger partial charge in [0.25, 0.3) is 0 Å². The van der Waals surface area contributed by atoms with E-state index in [2.05, 4.69) is 0 Å². The summed E-state index contributed by atoms with van der Waals surface area (Å²) >= 11 is 0. The molecule has 5 nitrogen and oxygen atoms in total. The zero-order chi connectivity index (χ0) is 21.6. The number of Topliss-reactive ketones (excluding diaryl/α,β-unsaturated/α-hetero) is 1. The van der Waals surface area contributed by atoms with E-state index in [-0.39, 0.29) is 6.42 Å². The smallest absolute Gasteiger partial charge is 0.412 e. The van der Waals surface area contributed by atoms with Gasteiger partial charge in [-0.15, -0.1) is 0 Å². The van der Waals surface area contributed by atoms with Crippen LogP contribution in [0.1, 0.15) is 47.5 Å². The Hall–Kier alpha value is -1.67. The molecule has 3 N–H and O–H groups in total. The minimum atomic E-state index is -4.42. The summed E-state index contributed by atoms with van der Waals surface area (Å²) in [5.74, 6) is -3.32. The molecule has 0 aliphatic carbocycles. The zero-order valence-electron chi connectivity index (χ0n) is 16.2. The second-order valence-corrected chi connectivity index (χ2v) is 7.28. The number of rotatable bonds is 10. The second kappa shape index (κ2) is 10.0. The number of hydrogen-bond donors (Lipinski definition) is 3. The number of carboxylic acids is 1. The molecule has 3 unspecified atom stereocenters. The van der Waals surface area contributed by atoms with Gasteiger partial charge in [0.2, 0.25) is 0 Å². The van der Waals surface area contributed by atoms with Crippen LogP contribution in [0.25, 0.3) is 0 Å². The second-order valence-electron chi connectivity index (χ2n) is 7.28. The molecule has 0 fully saturated rings. The van der Waals surface area contributed by atoms with Gasteiger partial charge < -0.3 is 15.3 Å². The molecule has 0 aliphatic rings. The fraction of sp³-hybridized carbons (Fsp3) is 0.684. The van der Waals surface area contributed by atoms with Gasteiger partial charge >= 0.3 is 12.1 Å². The van der Waals surface area contributed by atoms with Gasteiger partial charge in [-0.25, -0.2) is 0 Å². The van der Waals surface area contributed by atoms with Crippen molar-refractivity contribution in [3.05, 3.63) is 23.8 Å². The van der Waals surface area contributed by atoms with Crippen LogP contribution in [0.4, 0.5) is 13.2 Å². The van der Waals surface area contributed by atoms with Crippen LogP contribution in [-0.4, -0.2) is 45.5 Å². The van der Waals surface area contributed by atoms with Gasteiger partial charge in [0, 0.05) is 17.4 Å². The number of allylic oxidation sites excluding steroid dienone is 3. The lowest BCUT2D eigenvalue weighted by Gasteiger charge is -2.33. The van der Waals surface area contributed by atoms with Crippen molar-refractivity contribution in [1.29, 1.82) is 0 Å². The van der Waals surface area contributed by atoms with E-state index in [1.807, 2.05) is 0 Å². The molecule has 0 aliphatic heterocycles. The summed E-state index contributed by atoms with van der Waals surface area (Å²) in [6, 6.07) is 0. The quantitative estimate of drug-likeness (QED) is 0.493. The first-order valence-electron chi connectivity index (χ1n) is 8.67. The van der Waals surface area contributed by atoms with E-state index in [9.17, 15) is 33.0 Å². The van der Waals surface area contributed by atoms with Crippen molar-refractivity contribution in [2.24, 2.45) is 17.3 Å². The van der Waals surface area contributed by atoms with Crippen LogP contribution in [0.5, 0.6) is 0 Å². The number of ketones is 1. The highest BCUT2D eigenvalue weighted by atomic mass is 19.4. The third kappa shape index (κ3) is 7.46. The third-order valence-corrected chi connectivity index (χ3v) is 4.79. The van der Waals surface area contributed by atoms with Crippen molar-refractivity contribution >= 4 is 11.8 Å². The Morgan fingerprint density at radius 3 is 2.04 bits per heavy atom. The van der Waals surface area contributed by atoms with Gasteiger partial charge in [0.05, 0.1) is 24.0 Å². The predicted molar refractivity (Wildman–Crippen MR) is 95.0 cm³/mol. The molecule has 156 valence electrons. The Kier molecular flexibility index (Phi) is 9.41. The number of aliphatic hydroxyl groups excluding tert-OH is 2. The first-order chi connectivity index (χ1) is 12.2. The molecule has 27 heavy (non-hydrogen) atoms. The maximum absolute atomic E-state index is 12.7. The van der Waals surface area contributed by atoms with E-state index in [4.69, 9.17) is 5.11 Å². The molecule has 0 amide bonds. The minimum Gasteiger partial charge on any atom is -0.481 e. The fourth-order valence-electron chi connectivity index (χ4n) is 2.70. The first-order valence-corrected chi connectivity index (χ1v) is 8.67. The molecule has 0 saturated heterocycles. The van der Waals surface area contributed by atoms with E-state index >= 15 is 0 Å². The van der Waals surface area contributed by atoms with Crippen LogP contribution in [0.15, 0.2) is 23.8 Å². The molecule has 8 heteroatoms. The highest BCUT2D eigenvalue weighted by Gasteiger charge is 2.41. The summed E-state index contributed by atoms with van der Waals surface area (Å²) < 4.78 is 38.0. The van der Waals surface area contributed by atoms with Crippen molar-refractivity contribution in [1.82, 2.24) is 0 Å². The SMILES string of the molecule is C/C=C(\C/C=C/C(C)C(O)C(C)C(=O)C(C)(C)[C@@H](O)CC(=O)O)C(F)(F)F. The predicted octanol–water partition coefficient (Wildman–Crippen LogP) is 3.51. The molecule has 0 bridgehead atoms. The molecule has 0 saturated carbocycles. The lowest BCUT2D eigenvalue weighted by Crippen LogP contribution is -2.45. The summed E-state index contributed by atoms with van der Waals surface area (Å²) in [5.41, 5.74) is -2.10. The summed E-state index contributed by atoms with van der Waals surface area (Å²) in [4.78, 5) is 23.3. The van der Waals surface area contributed by atoms with E-state index in [1.165, 1.54) is 39.8 Å². The molecule has 0 heterocycles. The van der Waals surface area contributed by atoms with Gasteiger partial charge in [-0.3, -0.25) is 9.59 Å². The highest BCUT2D eigenvalue weighted by Crippen LogP contribution is 2.31. The average molecular weight is 394 g/mol. The summed E-state index contributed by atoms with van der Waals surface area (Å²) in [5, 5.41) is 29.1. The van der Waals surface area contributed by atoms with Gasteiger partial charge in [0.15, 0.2) is 0 Å². The summed E-state index contributed by atoms with van der Waals surface area (Å²) in [7, 11) is 0. The number of aliphatic hydroxyl groups is 2. The van der Waals surface area contributed by atoms with Gasteiger partial charge in [0.1, 0.15) is 5.78 Å². The molecule has 0 aromatic carbocycles. The normalized spacial score (nSPS) is 18.2. The Bertz CT molecular complexity index is 578. The van der Waals surface area contributed by atoms with Crippen LogP contribution in [-0.2, 0) is 9.59 Å². The molecule has 4 atom stereocenters. The zero-order valence-corrected chi connectivity index (χ0v) is 16.2. The molecule has 0 spiro atoms. The van der Waals surface area contributed by atoms with E-state index in [0.717, 1.165) is 6.08 Å². The molecule has 0 rings (SSSR count). The first kappa shape index (κ1) is 25.3. The van der Waals surface area contributed by atoms with Crippen molar-refractivity contribution < 1.29 is 38.1 Å². The summed E-state index contributed by atoms with van der Waals surface area (Å²) in [6.45, 7) is 7.09. The standard InChI is InChI=1S/C19H29F3O5/c1-6-13(19(20,21)22)9-7-8-11(2)16(26)12(3)17(27)18(4,5)14(23)10-15(24)25/h6-8,11-12,14,16,23,26H,9-10H2,1-5H3,(H,24,25)/b8-7+,13-6+/t11?,12?,14-,16?/m0/s1. The van der Waals surface area contributed by atoms with Gasteiger partial charge in [-0.1, -0.05) is 45.9 Å². The number of halogens is 3. The maximum atomic E-state index is 12.7. The van der Waals surface area contributed by atoms with Crippen molar-refractivity contribution in [3.8, 4) is 0 Å². The van der Waals surface area contributed by atoms with E-state index in [0.29, 0.717) is 0 Å². The highest BCUT2D eigenvalue weighted by molar-refractivity contribution is 5.87. The van der Waals surface area contributed by atoms with Crippen molar-refractivity contribution in [2.45, 2.75) is 65.8 Å². The molecule has 0 aromatic rings. The number of hydrogen-bond acceptors (Lipinski definition) is 4. The lowest BCUT2D eigenvalue weighted by atomic mass is 9.73. The molecular weight excluding hydrogens is 365 g/mol. The largest absolute Gasteiger partial charge is 0.481 e. The van der Waals surface area contributed by atoms with Gasteiger partial charge in [-0.2, -0.15) is 13.2 Å². The Balaban J connectivity index is 5.05. The Labute approximate surface area is 157 Å². The van der Waals surface area contributed by atoms with Crippen LogP contribution >= 0.6 is 0 Å². The van der Waals surface area contributed by atoms with Crippen molar-refractivity contribution in [3.63, 3.8) is 0 Å². The number of carbonyl (C=O) groups excluding carboxylic acids is 1.